The number of hydrogen-bond acceptors (Lipinski definition) is 1. The summed E-state index contributed by atoms with van der Waals surface area (Å²) in [6.07, 6.45) is 5.79. The normalized spacial score (nSPS) is 24.5. The second-order valence-electron chi connectivity index (χ2n) is 5.74. The van der Waals surface area contributed by atoms with Crippen LogP contribution in [0.5, 0.6) is 0 Å². The fourth-order valence-electron chi connectivity index (χ4n) is 2.61. The first-order valence-electron chi connectivity index (χ1n) is 6.45. The van der Waals surface area contributed by atoms with Gasteiger partial charge in [-0.05, 0) is 49.1 Å². The van der Waals surface area contributed by atoms with Crippen molar-refractivity contribution in [2.75, 3.05) is 0 Å². The molecule has 1 heteroatoms. The molecule has 1 aliphatic rings. The molecule has 0 fully saturated rings. The lowest BCUT2D eigenvalue weighted by molar-refractivity contribution is 0.318. The standard InChI is InChI=1S/C15H23N/c1-12(2)7-9-15(16)10-8-13-5-3-4-6-14(13)11-15/h3-6,12H,7-11,16H2,1-2H3. The van der Waals surface area contributed by atoms with Crippen molar-refractivity contribution in [3.8, 4) is 0 Å². The van der Waals surface area contributed by atoms with E-state index in [0.717, 1.165) is 25.2 Å². The number of nitrogens with two attached hydrogens (primary N) is 1. The molecule has 88 valence electrons. The van der Waals surface area contributed by atoms with Crippen LogP contribution in [0.15, 0.2) is 24.3 Å². The molecule has 1 nitrogen and oxygen atoms in total. The van der Waals surface area contributed by atoms with Crippen molar-refractivity contribution in [1.29, 1.82) is 0 Å². The maximum absolute atomic E-state index is 6.52. The van der Waals surface area contributed by atoms with Crippen molar-refractivity contribution in [1.82, 2.24) is 0 Å². The van der Waals surface area contributed by atoms with Crippen LogP contribution in [0.3, 0.4) is 0 Å². The van der Waals surface area contributed by atoms with Crippen LogP contribution in [-0.4, -0.2) is 5.54 Å². The van der Waals surface area contributed by atoms with Gasteiger partial charge < -0.3 is 5.73 Å². The van der Waals surface area contributed by atoms with Crippen molar-refractivity contribution in [3.63, 3.8) is 0 Å². The zero-order valence-corrected chi connectivity index (χ0v) is 10.5. The third kappa shape index (κ3) is 2.65. The zero-order valence-electron chi connectivity index (χ0n) is 10.5. The quantitative estimate of drug-likeness (QED) is 0.826. The number of aryl methyl sites for hydroxylation is 1. The van der Waals surface area contributed by atoms with Crippen LogP contribution in [0.4, 0.5) is 0 Å². The SMILES string of the molecule is CC(C)CCC1(N)CCc2ccccc2C1. The van der Waals surface area contributed by atoms with Gasteiger partial charge in [0.2, 0.25) is 0 Å². The first-order valence-corrected chi connectivity index (χ1v) is 6.45. The van der Waals surface area contributed by atoms with E-state index >= 15 is 0 Å². The lowest BCUT2D eigenvalue weighted by Crippen LogP contribution is -2.45. The molecule has 1 aromatic rings. The number of rotatable bonds is 3. The molecule has 0 spiro atoms. The van der Waals surface area contributed by atoms with Crippen LogP contribution < -0.4 is 5.73 Å². The molecule has 1 aliphatic carbocycles. The molecule has 0 aliphatic heterocycles. The number of benzene rings is 1. The van der Waals surface area contributed by atoms with Crippen molar-refractivity contribution in [2.45, 2.75) is 51.5 Å². The molecule has 2 rings (SSSR count). The smallest absolute Gasteiger partial charge is 0.0198 e. The summed E-state index contributed by atoms with van der Waals surface area (Å²) in [4.78, 5) is 0. The van der Waals surface area contributed by atoms with E-state index in [1.807, 2.05) is 0 Å². The van der Waals surface area contributed by atoms with Gasteiger partial charge in [-0.25, -0.2) is 0 Å². The summed E-state index contributed by atoms with van der Waals surface area (Å²) in [7, 11) is 0. The Hall–Kier alpha value is -0.820. The second-order valence-corrected chi connectivity index (χ2v) is 5.74. The van der Waals surface area contributed by atoms with E-state index in [9.17, 15) is 0 Å². The summed E-state index contributed by atoms with van der Waals surface area (Å²) in [6.45, 7) is 4.56. The Morgan fingerprint density at radius 3 is 2.62 bits per heavy atom. The fraction of sp³-hybridized carbons (Fsp3) is 0.600. The van der Waals surface area contributed by atoms with Gasteiger partial charge in [-0.1, -0.05) is 38.1 Å². The van der Waals surface area contributed by atoms with E-state index in [0.29, 0.717) is 0 Å². The highest BCUT2D eigenvalue weighted by Gasteiger charge is 2.29. The van der Waals surface area contributed by atoms with Crippen LogP contribution >= 0.6 is 0 Å². The minimum Gasteiger partial charge on any atom is -0.325 e. The van der Waals surface area contributed by atoms with Gasteiger partial charge in [-0.15, -0.1) is 0 Å². The molecule has 0 bridgehead atoms. The van der Waals surface area contributed by atoms with E-state index < -0.39 is 0 Å². The van der Waals surface area contributed by atoms with Crippen molar-refractivity contribution >= 4 is 0 Å². The van der Waals surface area contributed by atoms with Crippen molar-refractivity contribution in [3.05, 3.63) is 35.4 Å². The molecule has 2 N–H and O–H groups in total. The molecule has 0 amide bonds. The molecule has 0 radical (unpaired) electrons. The molecule has 16 heavy (non-hydrogen) atoms. The Morgan fingerprint density at radius 1 is 1.25 bits per heavy atom. The van der Waals surface area contributed by atoms with Gasteiger partial charge in [0, 0.05) is 5.54 Å². The van der Waals surface area contributed by atoms with Gasteiger partial charge in [0.05, 0.1) is 0 Å². The summed E-state index contributed by atoms with van der Waals surface area (Å²) in [5.41, 5.74) is 9.56. The average Bonchev–Trinajstić information content (AvgIpc) is 2.26. The Balaban J connectivity index is 2.06. The number of fused-ring (bicyclic) bond motifs is 1. The minimum atomic E-state index is 0.0542. The molecule has 0 saturated heterocycles. The van der Waals surface area contributed by atoms with Crippen LogP contribution in [0.1, 0.15) is 44.2 Å². The predicted octanol–water partition coefficient (Wildman–Crippen LogP) is 3.31. The monoisotopic (exact) mass is 217 g/mol. The van der Waals surface area contributed by atoms with Gasteiger partial charge in [0.1, 0.15) is 0 Å². The third-order valence-electron chi connectivity index (χ3n) is 3.77. The Labute approximate surface area is 99.0 Å². The van der Waals surface area contributed by atoms with E-state index in [1.165, 1.54) is 24.0 Å². The summed E-state index contributed by atoms with van der Waals surface area (Å²) in [5.74, 6) is 0.762. The largest absolute Gasteiger partial charge is 0.325 e. The zero-order chi connectivity index (χ0) is 11.6. The van der Waals surface area contributed by atoms with E-state index in [1.54, 1.807) is 0 Å². The number of hydrogen-bond donors (Lipinski definition) is 1. The maximum atomic E-state index is 6.52. The molecule has 0 heterocycles. The second kappa shape index (κ2) is 4.58. The first kappa shape index (κ1) is 11.7. The van der Waals surface area contributed by atoms with Crippen LogP contribution in [0.2, 0.25) is 0 Å². The van der Waals surface area contributed by atoms with Crippen LogP contribution in [0, 0.1) is 5.92 Å². The molecule has 1 atom stereocenters. The highest BCUT2D eigenvalue weighted by molar-refractivity contribution is 5.32. The Kier molecular flexibility index (Phi) is 3.34. The highest BCUT2D eigenvalue weighted by Crippen LogP contribution is 2.30. The van der Waals surface area contributed by atoms with Gasteiger partial charge in [-0.3, -0.25) is 0 Å². The van der Waals surface area contributed by atoms with Gasteiger partial charge >= 0.3 is 0 Å². The Bertz CT molecular complexity index is 356. The highest BCUT2D eigenvalue weighted by atomic mass is 14.7. The average molecular weight is 217 g/mol. The maximum Gasteiger partial charge on any atom is 0.0198 e. The van der Waals surface area contributed by atoms with E-state index in [4.69, 9.17) is 5.73 Å². The summed E-state index contributed by atoms with van der Waals surface area (Å²) in [6, 6.07) is 8.76. The lowest BCUT2D eigenvalue weighted by Gasteiger charge is -2.35. The predicted molar refractivity (Wildman–Crippen MR) is 69.5 cm³/mol. The molecule has 0 aromatic heterocycles. The van der Waals surface area contributed by atoms with E-state index in [-0.39, 0.29) is 5.54 Å². The third-order valence-corrected chi connectivity index (χ3v) is 3.77. The fourth-order valence-corrected chi connectivity index (χ4v) is 2.61. The van der Waals surface area contributed by atoms with Gasteiger partial charge in [-0.2, -0.15) is 0 Å². The summed E-state index contributed by atoms with van der Waals surface area (Å²) >= 11 is 0. The van der Waals surface area contributed by atoms with Crippen molar-refractivity contribution < 1.29 is 0 Å². The minimum absolute atomic E-state index is 0.0542. The summed E-state index contributed by atoms with van der Waals surface area (Å²) < 4.78 is 0. The first-order chi connectivity index (χ1) is 7.59. The van der Waals surface area contributed by atoms with Gasteiger partial charge in [0.25, 0.3) is 0 Å². The molecule has 1 aromatic carbocycles. The molecule has 1 unspecified atom stereocenters. The van der Waals surface area contributed by atoms with Gasteiger partial charge in [0.15, 0.2) is 0 Å². The van der Waals surface area contributed by atoms with E-state index in [2.05, 4.69) is 38.1 Å². The lowest BCUT2D eigenvalue weighted by atomic mass is 9.75. The summed E-state index contributed by atoms with van der Waals surface area (Å²) in [5, 5.41) is 0. The van der Waals surface area contributed by atoms with Crippen molar-refractivity contribution in [2.24, 2.45) is 11.7 Å². The van der Waals surface area contributed by atoms with Crippen LogP contribution in [0.25, 0.3) is 0 Å². The topological polar surface area (TPSA) is 26.0 Å². The molecule has 0 saturated carbocycles. The molecular weight excluding hydrogens is 194 g/mol. The Morgan fingerprint density at radius 2 is 1.94 bits per heavy atom. The molecular formula is C15H23N. The van der Waals surface area contributed by atoms with Crippen LogP contribution in [-0.2, 0) is 12.8 Å².